The minimum Gasteiger partial charge on any atom is -0.479 e. The van der Waals surface area contributed by atoms with Gasteiger partial charge >= 0.3 is 0 Å². The lowest BCUT2D eigenvalue weighted by Gasteiger charge is -2.45. The lowest BCUT2D eigenvalue weighted by molar-refractivity contribution is 0.0588. The Morgan fingerprint density at radius 2 is 2.12 bits per heavy atom. The van der Waals surface area contributed by atoms with Crippen molar-refractivity contribution in [2.24, 2.45) is 5.41 Å². The highest BCUT2D eigenvalue weighted by molar-refractivity contribution is 5.94. The molecule has 8 heteroatoms. The molecular weight excluding hydrogens is 336 g/mol. The third kappa shape index (κ3) is 3.02. The normalized spacial score (nSPS) is 24.3. The molecule has 0 bridgehead atoms. The minimum absolute atomic E-state index is 0.0769. The number of carbonyl (C=O) groups is 2. The number of methoxy groups -OCH3 is 1. The van der Waals surface area contributed by atoms with E-state index in [1.54, 1.807) is 29.4 Å². The summed E-state index contributed by atoms with van der Waals surface area (Å²) in [6.45, 7) is 1.36. The lowest BCUT2D eigenvalue weighted by Crippen LogP contribution is -2.52. The van der Waals surface area contributed by atoms with E-state index in [0.717, 1.165) is 19.3 Å². The molecule has 1 aliphatic heterocycles. The average molecular weight is 356 g/mol. The summed E-state index contributed by atoms with van der Waals surface area (Å²) in [5, 5.41) is 6.73. The molecule has 136 valence electrons. The molecule has 1 saturated carbocycles. The molecule has 8 nitrogen and oxygen atoms in total. The van der Waals surface area contributed by atoms with Crippen molar-refractivity contribution in [2.75, 3.05) is 20.2 Å². The highest BCUT2D eigenvalue weighted by atomic mass is 16.5. The van der Waals surface area contributed by atoms with Crippen LogP contribution < -0.4 is 10.1 Å². The molecule has 2 amide bonds. The first-order valence-electron chi connectivity index (χ1n) is 8.59. The van der Waals surface area contributed by atoms with Crippen LogP contribution in [0, 0.1) is 5.41 Å². The molecule has 3 heterocycles. The van der Waals surface area contributed by atoms with Crippen LogP contribution in [0.25, 0.3) is 0 Å². The first kappa shape index (κ1) is 16.6. The Labute approximate surface area is 150 Å². The number of hydrogen-bond donors (Lipinski definition) is 1. The molecule has 0 atom stereocenters. The number of amides is 2. The summed E-state index contributed by atoms with van der Waals surface area (Å²) in [7, 11) is 1.48. The molecule has 1 aliphatic carbocycles. The number of hydrogen-bond acceptors (Lipinski definition) is 6. The van der Waals surface area contributed by atoms with E-state index in [1.165, 1.54) is 13.2 Å². The molecule has 0 radical (unpaired) electrons. The van der Waals surface area contributed by atoms with Crippen molar-refractivity contribution >= 4 is 11.8 Å². The summed E-state index contributed by atoms with van der Waals surface area (Å²) in [5.41, 5.74) is 0.708. The number of nitrogens with one attached hydrogen (secondary N) is 1. The maximum atomic E-state index is 12.5. The van der Waals surface area contributed by atoms with Crippen molar-refractivity contribution in [3.63, 3.8) is 0 Å². The van der Waals surface area contributed by atoms with Crippen LogP contribution in [0.3, 0.4) is 0 Å². The van der Waals surface area contributed by atoms with Crippen LogP contribution in [0.4, 0.5) is 0 Å². The number of rotatable bonds is 4. The fourth-order valence-corrected chi connectivity index (χ4v) is 3.91. The zero-order chi connectivity index (χ0) is 18.1. The van der Waals surface area contributed by atoms with Crippen LogP contribution in [0.5, 0.6) is 5.88 Å². The maximum absolute atomic E-state index is 12.5. The highest BCUT2D eigenvalue weighted by Gasteiger charge is 2.50. The van der Waals surface area contributed by atoms with Crippen molar-refractivity contribution in [3.05, 3.63) is 41.9 Å². The third-order valence-electron chi connectivity index (χ3n) is 5.27. The van der Waals surface area contributed by atoms with E-state index in [-0.39, 0.29) is 29.0 Å². The minimum atomic E-state index is -0.165. The zero-order valence-corrected chi connectivity index (χ0v) is 14.5. The van der Waals surface area contributed by atoms with Crippen molar-refractivity contribution in [1.82, 2.24) is 20.4 Å². The highest BCUT2D eigenvalue weighted by Crippen LogP contribution is 2.48. The van der Waals surface area contributed by atoms with E-state index in [1.807, 2.05) is 0 Å². The molecule has 2 aromatic rings. The summed E-state index contributed by atoms with van der Waals surface area (Å²) < 4.78 is 9.99. The zero-order valence-electron chi connectivity index (χ0n) is 14.5. The van der Waals surface area contributed by atoms with Gasteiger partial charge in [0.05, 0.1) is 13.2 Å². The largest absolute Gasteiger partial charge is 0.479 e. The van der Waals surface area contributed by atoms with Gasteiger partial charge in [-0.25, -0.2) is 0 Å². The number of pyridine rings is 1. The van der Waals surface area contributed by atoms with Gasteiger partial charge in [-0.15, -0.1) is 0 Å². The van der Waals surface area contributed by atoms with E-state index in [4.69, 9.17) is 9.26 Å². The first-order chi connectivity index (χ1) is 12.6. The Balaban J connectivity index is 1.31. The first-order valence-corrected chi connectivity index (χ1v) is 8.59. The topological polar surface area (TPSA) is 97.6 Å². The molecule has 2 aromatic heterocycles. The van der Waals surface area contributed by atoms with Crippen LogP contribution in [0.1, 0.15) is 40.2 Å². The molecule has 0 aromatic carbocycles. The van der Waals surface area contributed by atoms with Gasteiger partial charge < -0.3 is 19.5 Å². The van der Waals surface area contributed by atoms with Gasteiger partial charge in [-0.1, -0.05) is 0 Å². The number of aromatic nitrogens is 2. The van der Waals surface area contributed by atoms with E-state index >= 15 is 0 Å². The molecular formula is C18H20N4O4. The number of nitrogens with zero attached hydrogens (tertiary/aromatic N) is 3. The summed E-state index contributed by atoms with van der Waals surface area (Å²) >= 11 is 0. The molecule has 1 saturated heterocycles. The van der Waals surface area contributed by atoms with E-state index in [9.17, 15) is 9.59 Å². The number of carbonyl (C=O) groups excluding carboxylic acids is 2. The van der Waals surface area contributed by atoms with Crippen molar-refractivity contribution in [2.45, 2.75) is 25.3 Å². The van der Waals surface area contributed by atoms with Crippen molar-refractivity contribution in [3.8, 4) is 5.88 Å². The fourth-order valence-electron chi connectivity index (χ4n) is 3.91. The number of likely N-dealkylation sites (tertiary alicyclic amines) is 1. The standard InChI is InChI=1S/C18H20N4O4/c1-25-15-8-14(26-21-15)17(24)22-7-4-18(11-22)9-13(10-18)20-16(23)12-2-5-19-6-3-12/h2-3,5-6,8,13H,4,7,9-11H2,1H3,(H,20,23). The molecule has 2 aliphatic rings. The van der Waals surface area contributed by atoms with E-state index in [2.05, 4.69) is 15.5 Å². The molecule has 1 spiro atoms. The quantitative estimate of drug-likeness (QED) is 0.892. The smallest absolute Gasteiger partial charge is 0.292 e. The molecule has 0 unspecified atom stereocenters. The second-order valence-corrected chi connectivity index (χ2v) is 7.02. The van der Waals surface area contributed by atoms with Crippen LogP contribution in [0.2, 0.25) is 0 Å². The van der Waals surface area contributed by atoms with Gasteiger partial charge in [-0.2, -0.15) is 0 Å². The summed E-state index contributed by atoms with van der Waals surface area (Å²) in [6.07, 6.45) is 5.92. The molecule has 1 N–H and O–H groups in total. The molecule has 2 fully saturated rings. The number of ether oxygens (including phenoxy) is 1. The Hall–Kier alpha value is -2.90. The molecule has 4 rings (SSSR count). The monoisotopic (exact) mass is 356 g/mol. The van der Waals surface area contributed by atoms with Crippen LogP contribution in [-0.4, -0.2) is 53.1 Å². The Bertz CT molecular complexity index is 814. The Kier molecular flexibility index (Phi) is 4.10. The second-order valence-electron chi connectivity index (χ2n) is 7.02. The van der Waals surface area contributed by atoms with Crippen LogP contribution in [-0.2, 0) is 0 Å². The van der Waals surface area contributed by atoms with E-state index < -0.39 is 0 Å². The van der Waals surface area contributed by atoms with Crippen molar-refractivity contribution in [1.29, 1.82) is 0 Å². The maximum Gasteiger partial charge on any atom is 0.292 e. The SMILES string of the molecule is COc1cc(C(=O)N2CCC3(CC(NC(=O)c4ccncc4)C3)C2)on1. The predicted molar refractivity (Wildman–Crippen MR) is 90.7 cm³/mol. The third-order valence-corrected chi connectivity index (χ3v) is 5.27. The van der Waals surface area contributed by atoms with Gasteiger partial charge in [0.1, 0.15) is 0 Å². The van der Waals surface area contributed by atoms with Crippen molar-refractivity contribution < 1.29 is 18.8 Å². The van der Waals surface area contributed by atoms with E-state index in [0.29, 0.717) is 24.5 Å². The average Bonchev–Trinajstić information content (AvgIpc) is 3.29. The van der Waals surface area contributed by atoms with Crippen LogP contribution >= 0.6 is 0 Å². The predicted octanol–water partition coefficient (Wildman–Crippen LogP) is 1.50. The van der Waals surface area contributed by atoms with Crippen LogP contribution in [0.15, 0.2) is 35.1 Å². The summed E-state index contributed by atoms with van der Waals surface area (Å²) in [6, 6.07) is 5.05. The lowest BCUT2D eigenvalue weighted by atomic mass is 9.65. The summed E-state index contributed by atoms with van der Waals surface area (Å²) in [5.74, 6) is 0.249. The van der Waals surface area contributed by atoms with Gasteiger partial charge in [-0.3, -0.25) is 14.6 Å². The Morgan fingerprint density at radius 3 is 2.81 bits per heavy atom. The Morgan fingerprint density at radius 1 is 1.35 bits per heavy atom. The summed E-state index contributed by atoms with van der Waals surface area (Å²) in [4.78, 5) is 30.4. The van der Waals surface area contributed by atoms with Gasteiger partial charge in [0.2, 0.25) is 5.76 Å². The van der Waals surface area contributed by atoms with Gasteiger partial charge in [0, 0.05) is 37.1 Å². The van der Waals surface area contributed by atoms with Gasteiger partial charge in [0.15, 0.2) is 0 Å². The van der Waals surface area contributed by atoms with Gasteiger partial charge in [0.25, 0.3) is 17.7 Å². The molecule has 26 heavy (non-hydrogen) atoms. The van der Waals surface area contributed by atoms with Gasteiger partial charge in [-0.05, 0) is 42.0 Å². The fraction of sp³-hybridized carbons (Fsp3) is 0.444. The second kappa shape index (κ2) is 6.44.